The Kier molecular flexibility index (Phi) is 7.03. The van der Waals surface area contributed by atoms with Crippen LogP contribution in [0.1, 0.15) is 72.6 Å². The van der Waals surface area contributed by atoms with E-state index in [-0.39, 0.29) is 17.6 Å². The molecule has 1 unspecified atom stereocenters. The summed E-state index contributed by atoms with van der Waals surface area (Å²) < 4.78 is 15.6. The van der Waals surface area contributed by atoms with Gasteiger partial charge in [0.1, 0.15) is 17.3 Å². The van der Waals surface area contributed by atoms with Gasteiger partial charge in [-0.3, -0.25) is 9.20 Å². The van der Waals surface area contributed by atoms with Gasteiger partial charge in [0.05, 0.1) is 34.4 Å². The van der Waals surface area contributed by atoms with Gasteiger partial charge in [-0.2, -0.15) is 0 Å². The van der Waals surface area contributed by atoms with E-state index in [1.807, 2.05) is 50.5 Å². The first kappa shape index (κ1) is 27.4. The molecule has 1 aliphatic carbocycles. The largest absolute Gasteiger partial charge is 0.390 e. The summed E-state index contributed by atoms with van der Waals surface area (Å²) in [5.41, 5.74) is 5.88. The van der Waals surface area contributed by atoms with Crippen molar-refractivity contribution in [2.24, 2.45) is 5.92 Å². The standard InChI is InChI=1S/C32H37FN6O2/c1-32(2,41)20-7-5-6-19(14-20)22-9-11-28(37-26(22)18-38(3)4)36-25-10-8-23(24-16-35-31(40)30(24)25)27-17-34-29-15-21(33)12-13-39(27)29/h8-13,15,17,19-20,41H,5-7,14,16,18H2,1-4H3,(H,35,40)(H,36,37)/t19?,20-/m1/s1. The molecular weight excluding hydrogens is 519 g/mol. The highest BCUT2D eigenvalue weighted by Crippen LogP contribution is 2.42. The molecule has 1 fully saturated rings. The SMILES string of the molecule is CN(C)Cc1nc(Nc2ccc(-c3cnc4cc(F)ccn34)c3c2C(=O)NC3)ccc1C1CCC[C@@H](C(C)(C)O)C1. The third kappa shape index (κ3) is 5.31. The summed E-state index contributed by atoms with van der Waals surface area (Å²) in [5, 5.41) is 17.1. The van der Waals surface area contributed by atoms with Gasteiger partial charge in [-0.05, 0) is 88.4 Å². The molecule has 2 aliphatic rings. The van der Waals surface area contributed by atoms with Crippen LogP contribution >= 0.6 is 0 Å². The predicted octanol–water partition coefficient (Wildman–Crippen LogP) is 5.63. The van der Waals surface area contributed by atoms with Crippen molar-refractivity contribution >= 4 is 23.1 Å². The fraction of sp³-hybridized carbons (Fsp3) is 0.406. The highest BCUT2D eigenvalue weighted by atomic mass is 19.1. The minimum Gasteiger partial charge on any atom is -0.390 e. The third-order valence-corrected chi connectivity index (χ3v) is 8.57. The summed E-state index contributed by atoms with van der Waals surface area (Å²) in [6.45, 7) is 4.93. The molecule has 1 saturated carbocycles. The molecule has 4 aromatic rings. The quantitative estimate of drug-likeness (QED) is 0.273. The molecule has 3 aromatic heterocycles. The fourth-order valence-electron chi connectivity index (χ4n) is 6.48. The topological polar surface area (TPSA) is 94.8 Å². The van der Waals surface area contributed by atoms with Gasteiger partial charge in [0, 0.05) is 30.9 Å². The van der Waals surface area contributed by atoms with E-state index in [4.69, 9.17) is 4.98 Å². The number of aliphatic hydroxyl groups is 1. The van der Waals surface area contributed by atoms with Crippen LogP contribution in [0.4, 0.5) is 15.9 Å². The monoisotopic (exact) mass is 556 g/mol. The Morgan fingerprint density at radius 2 is 2.02 bits per heavy atom. The molecule has 214 valence electrons. The second kappa shape index (κ2) is 10.5. The van der Waals surface area contributed by atoms with E-state index in [1.165, 1.54) is 17.7 Å². The number of hydrogen-bond donors (Lipinski definition) is 3. The number of imidazole rings is 1. The Labute approximate surface area is 239 Å². The number of amides is 1. The van der Waals surface area contributed by atoms with Crippen molar-refractivity contribution < 1.29 is 14.3 Å². The summed E-state index contributed by atoms with van der Waals surface area (Å²) in [7, 11) is 4.08. The zero-order valence-corrected chi connectivity index (χ0v) is 24.0. The summed E-state index contributed by atoms with van der Waals surface area (Å²) in [6, 6.07) is 10.8. The summed E-state index contributed by atoms with van der Waals surface area (Å²) in [5.74, 6) is 0.807. The summed E-state index contributed by atoms with van der Waals surface area (Å²) in [4.78, 5) is 24.5. The molecular formula is C32H37FN6O2. The number of fused-ring (bicyclic) bond motifs is 2. The number of hydrogen-bond acceptors (Lipinski definition) is 6. The van der Waals surface area contributed by atoms with Crippen LogP contribution in [0.3, 0.4) is 0 Å². The van der Waals surface area contributed by atoms with Crippen LogP contribution < -0.4 is 10.6 Å². The molecule has 8 nitrogen and oxygen atoms in total. The second-order valence-corrected chi connectivity index (χ2v) is 12.2. The van der Waals surface area contributed by atoms with Crippen molar-refractivity contribution in [1.82, 2.24) is 24.6 Å². The molecule has 1 amide bonds. The maximum atomic E-state index is 13.7. The van der Waals surface area contributed by atoms with Gasteiger partial charge in [0.2, 0.25) is 0 Å². The van der Waals surface area contributed by atoms with Gasteiger partial charge in [0.25, 0.3) is 5.91 Å². The lowest BCUT2D eigenvalue weighted by molar-refractivity contribution is -0.00306. The zero-order valence-electron chi connectivity index (χ0n) is 24.0. The molecule has 1 aromatic carbocycles. The molecule has 2 atom stereocenters. The number of benzene rings is 1. The molecule has 0 spiro atoms. The Balaban J connectivity index is 1.34. The van der Waals surface area contributed by atoms with E-state index in [1.54, 1.807) is 12.4 Å². The maximum absolute atomic E-state index is 13.7. The number of halogens is 1. The zero-order chi connectivity index (χ0) is 28.9. The number of anilines is 2. The first-order valence-electron chi connectivity index (χ1n) is 14.3. The Bertz CT molecular complexity index is 1620. The smallest absolute Gasteiger partial charge is 0.254 e. The van der Waals surface area contributed by atoms with Gasteiger partial charge in [-0.25, -0.2) is 14.4 Å². The highest BCUT2D eigenvalue weighted by Gasteiger charge is 2.34. The van der Waals surface area contributed by atoms with Crippen LogP contribution in [-0.4, -0.2) is 50.0 Å². The molecule has 0 saturated heterocycles. The fourth-order valence-corrected chi connectivity index (χ4v) is 6.48. The summed E-state index contributed by atoms with van der Waals surface area (Å²) in [6.07, 6.45) is 7.54. The molecule has 9 heteroatoms. The Morgan fingerprint density at radius 1 is 1.20 bits per heavy atom. The van der Waals surface area contributed by atoms with Crippen LogP contribution in [0.2, 0.25) is 0 Å². The number of rotatable bonds is 7. The molecule has 6 rings (SSSR count). The van der Waals surface area contributed by atoms with Crippen molar-refractivity contribution in [3.8, 4) is 11.3 Å². The van der Waals surface area contributed by atoms with Gasteiger partial charge < -0.3 is 20.6 Å². The van der Waals surface area contributed by atoms with Crippen molar-refractivity contribution in [3.63, 3.8) is 0 Å². The number of carbonyl (C=O) groups excluding carboxylic acids is 1. The lowest BCUT2D eigenvalue weighted by atomic mass is 9.72. The van der Waals surface area contributed by atoms with Gasteiger partial charge in [-0.15, -0.1) is 0 Å². The van der Waals surface area contributed by atoms with Gasteiger partial charge >= 0.3 is 0 Å². The van der Waals surface area contributed by atoms with Crippen LogP contribution in [0.15, 0.2) is 48.8 Å². The van der Waals surface area contributed by atoms with Crippen LogP contribution in [0.5, 0.6) is 0 Å². The van der Waals surface area contributed by atoms with E-state index in [9.17, 15) is 14.3 Å². The molecule has 4 heterocycles. The average molecular weight is 557 g/mol. The normalized spacial score (nSPS) is 19.0. The van der Waals surface area contributed by atoms with E-state index in [2.05, 4.69) is 26.6 Å². The van der Waals surface area contributed by atoms with Crippen molar-refractivity contribution in [3.05, 3.63) is 77.0 Å². The second-order valence-electron chi connectivity index (χ2n) is 12.2. The van der Waals surface area contributed by atoms with Crippen molar-refractivity contribution in [2.75, 3.05) is 19.4 Å². The highest BCUT2D eigenvalue weighted by molar-refractivity contribution is 6.06. The molecule has 1 aliphatic heterocycles. The van der Waals surface area contributed by atoms with E-state index in [0.29, 0.717) is 41.7 Å². The number of nitrogens with one attached hydrogen (secondary N) is 2. The van der Waals surface area contributed by atoms with Crippen LogP contribution in [0.25, 0.3) is 16.9 Å². The number of carbonyl (C=O) groups is 1. The van der Waals surface area contributed by atoms with Gasteiger partial charge in [0.15, 0.2) is 0 Å². The minimum absolute atomic E-state index is 0.144. The first-order chi connectivity index (χ1) is 19.6. The predicted molar refractivity (Wildman–Crippen MR) is 158 cm³/mol. The molecule has 41 heavy (non-hydrogen) atoms. The van der Waals surface area contributed by atoms with Crippen molar-refractivity contribution in [1.29, 1.82) is 0 Å². The van der Waals surface area contributed by atoms with E-state index >= 15 is 0 Å². The van der Waals surface area contributed by atoms with Gasteiger partial charge in [-0.1, -0.05) is 18.6 Å². The lowest BCUT2D eigenvalue weighted by Crippen LogP contribution is -2.34. The number of pyridine rings is 2. The lowest BCUT2D eigenvalue weighted by Gasteiger charge is -2.37. The van der Waals surface area contributed by atoms with Crippen molar-refractivity contribution in [2.45, 2.75) is 64.1 Å². The third-order valence-electron chi connectivity index (χ3n) is 8.57. The number of nitrogens with zero attached hydrogens (tertiary/aromatic N) is 4. The maximum Gasteiger partial charge on any atom is 0.254 e. The molecule has 0 bridgehead atoms. The average Bonchev–Trinajstić information content (AvgIpc) is 3.52. The van der Waals surface area contributed by atoms with E-state index < -0.39 is 5.60 Å². The minimum atomic E-state index is -0.693. The molecule has 0 radical (unpaired) electrons. The Morgan fingerprint density at radius 3 is 2.80 bits per heavy atom. The van der Waals surface area contributed by atoms with E-state index in [0.717, 1.165) is 48.2 Å². The van der Waals surface area contributed by atoms with Crippen LogP contribution in [0, 0.1) is 11.7 Å². The summed E-state index contributed by atoms with van der Waals surface area (Å²) >= 11 is 0. The Hall–Kier alpha value is -3.82. The molecule has 3 N–H and O–H groups in total. The van der Waals surface area contributed by atoms with Crippen LogP contribution in [-0.2, 0) is 13.1 Å². The number of aromatic nitrogens is 3. The first-order valence-corrected chi connectivity index (χ1v) is 14.3.